The molecule has 0 amide bonds. The van der Waals surface area contributed by atoms with E-state index in [-0.39, 0.29) is 10.7 Å². The van der Waals surface area contributed by atoms with E-state index in [1.807, 2.05) is 6.08 Å². The second-order valence-electron chi connectivity index (χ2n) is 4.42. The van der Waals surface area contributed by atoms with Crippen molar-refractivity contribution in [3.8, 4) is 0 Å². The lowest BCUT2D eigenvalue weighted by molar-refractivity contribution is 0.490. The summed E-state index contributed by atoms with van der Waals surface area (Å²) < 4.78 is 2.54. The van der Waals surface area contributed by atoms with Crippen molar-refractivity contribution in [2.45, 2.75) is 32.6 Å². The zero-order valence-corrected chi connectivity index (χ0v) is 11.8. The SMILES string of the molecule is CC1=S(N2CCCCCC2)C=C(Cl)C=C1NN. The largest absolute Gasteiger partial charge is 0.323 e. The van der Waals surface area contributed by atoms with Gasteiger partial charge in [-0.05, 0) is 31.2 Å². The minimum Gasteiger partial charge on any atom is -0.323 e. The molecule has 1 unspecified atom stereocenters. The molecule has 0 aliphatic carbocycles. The second kappa shape index (κ2) is 6.05. The van der Waals surface area contributed by atoms with Crippen molar-refractivity contribution in [2.24, 2.45) is 5.84 Å². The second-order valence-corrected chi connectivity index (χ2v) is 6.85. The van der Waals surface area contributed by atoms with Crippen LogP contribution in [-0.4, -0.2) is 22.3 Å². The summed E-state index contributed by atoms with van der Waals surface area (Å²) in [6, 6.07) is 0. The van der Waals surface area contributed by atoms with Crippen molar-refractivity contribution in [3.05, 3.63) is 22.2 Å². The highest BCUT2D eigenvalue weighted by Gasteiger charge is 2.17. The van der Waals surface area contributed by atoms with Crippen LogP contribution in [0.2, 0.25) is 0 Å². The molecule has 0 aromatic heterocycles. The summed E-state index contributed by atoms with van der Waals surface area (Å²) in [6.07, 6.45) is 7.18. The van der Waals surface area contributed by atoms with Crippen molar-refractivity contribution in [1.82, 2.24) is 9.73 Å². The molecule has 17 heavy (non-hydrogen) atoms. The van der Waals surface area contributed by atoms with E-state index in [9.17, 15) is 0 Å². The van der Waals surface area contributed by atoms with Crippen LogP contribution in [-0.2, 0) is 0 Å². The number of nitrogens with one attached hydrogen (secondary N) is 1. The molecule has 1 saturated heterocycles. The molecule has 2 aliphatic heterocycles. The molecule has 0 aromatic carbocycles. The van der Waals surface area contributed by atoms with Crippen LogP contribution in [0, 0.1) is 0 Å². The number of allylic oxidation sites excluding steroid dienone is 3. The van der Waals surface area contributed by atoms with Crippen molar-refractivity contribution in [3.63, 3.8) is 0 Å². The molecule has 1 atom stereocenters. The number of hydrogen-bond acceptors (Lipinski definition) is 3. The summed E-state index contributed by atoms with van der Waals surface area (Å²) >= 11 is 6.17. The van der Waals surface area contributed by atoms with Gasteiger partial charge in [0.25, 0.3) is 0 Å². The van der Waals surface area contributed by atoms with E-state index in [4.69, 9.17) is 17.4 Å². The van der Waals surface area contributed by atoms with Gasteiger partial charge >= 0.3 is 0 Å². The van der Waals surface area contributed by atoms with E-state index < -0.39 is 0 Å². The smallest absolute Gasteiger partial charge is 0.0599 e. The first kappa shape index (κ1) is 13.1. The van der Waals surface area contributed by atoms with Gasteiger partial charge in [0.15, 0.2) is 0 Å². The lowest BCUT2D eigenvalue weighted by atomic mass is 10.2. The molecule has 3 N–H and O–H groups in total. The summed E-state index contributed by atoms with van der Waals surface area (Å²) in [5, 5.41) is 2.94. The fraction of sp³-hybridized carbons (Fsp3) is 0.583. The van der Waals surface area contributed by atoms with Gasteiger partial charge in [-0.1, -0.05) is 35.1 Å². The normalized spacial score (nSPS) is 27.2. The number of hydrogen-bond donors (Lipinski definition) is 2. The molecule has 0 radical (unpaired) electrons. The van der Waals surface area contributed by atoms with Crippen LogP contribution in [0.25, 0.3) is 0 Å². The van der Waals surface area contributed by atoms with E-state index in [2.05, 4.69) is 22.1 Å². The molecule has 5 heteroatoms. The van der Waals surface area contributed by atoms with Gasteiger partial charge < -0.3 is 5.43 Å². The predicted molar refractivity (Wildman–Crippen MR) is 77.7 cm³/mol. The highest BCUT2D eigenvalue weighted by atomic mass is 35.5. The lowest BCUT2D eigenvalue weighted by Crippen LogP contribution is -2.29. The van der Waals surface area contributed by atoms with Crippen molar-refractivity contribution < 1.29 is 0 Å². The third-order valence-corrected chi connectivity index (χ3v) is 5.79. The Morgan fingerprint density at radius 3 is 2.53 bits per heavy atom. The molecule has 2 aliphatic rings. The Morgan fingerprint density at radius 1 is 1.29 bits per heavy atom. The fourth-order valence-corrected chi connectivity index (χ4v) is 4.58. The van der Waals surface area contributed by atoms with Crippen LogP contribution in [0.4, 0.5) is 0 Å². The van der Waals surface area contributed by atoms with Crippen LogP contribution in [0.3, 0.4) is 0 Å². The Labute approximate surface area is 111 Å². The standard InChI is InChI=1S/C12H20ClN3S/c1-10-12(15-14)8-11(13)9-17(10)16-6-4-2-3-5-7-16/h8-9,15H,2-7,14H2,1H3. The first-order valence-electron chi connectivity index (χ1n) is 6.10. The monoisotopic (exact) mass is 273 g/mol. The third kappa shape index (κ3) is 3.13. The predicted octanol–water partition coefficient (Wildman–Crippen LogP) is 2.68. The molecule has 0 saturated carbocycles. The molecular weight excluding hydrogens is 254 g/mol. The molecule has 2 heterocycles. The van der Waals surface area contributed by atoms with Crippen molar-refractivity contribution in [1.29, 1.82) is 0 Å². The minimum absolute atomic E-state index is 0.00177. The topological polar surface area (TPSA) is 41.3 Å². The van der Waals surface area contributed by atoms with Gasteiger partial charge in [-0.2, -0.15) is 0 Å². The van der Waals surface area contributed by atoms with Gasteiger partial charge in [0.2, 0.25) is 0 Å². The molecule has 1 fully saturated rings. The molecule has 2 rings (SSSR count). The summed E-state index contributed by atoms with van der Waals surface area (Å²) in [5.74, 6) is 5.54. The quantitative estimate of drug-likeness (QED) is 0.462. The zero-order valence-electron chi connectivity index (χ0n) is 10.2. The maximum absolute atomic E-state index is 6.17. The number of halogens is 1. The highest BCUT2D eigenvalue weighted by molar-refractivity contribution is 8.16. The number of nitrogens with zero attached hydrogens (tertiary/aromatic N) is 1. The first-order chi connectivity index (χ1) is 8.22. The van der Waals surface area contributed by atoms with Crippen LogP contribution >= 0.6 is 22.3 Å². The highest BCUT2D eigenvalue weighted by Crippen LogP contribution is 2.34. The Bertz CT molecular complexity index is 379. The van der Waals surface area contributed by atoms with Gasteiger partial charge in [-0.25, -0.2) is 0 Å². The van der Waals surface area contributed by atoms with Gasteiger partial charge in [-0.15, -0.1) is 0 Å². The average Bonchev–Trinajstić information content (AvgIpc) is 2.60. The third-order valence-electron chi connectivity index (χ3n) is 3.20. The van der Waals surface area contributed by atoms with E-state index in [0.29, 0.717) is 0 Å². The van der Waals surface area contributed by atoms with Crippen LogP contribution in [0.1, 0.15) is 32.6 Å². The van der Waals surface area contributed by atoms with Gasteiger partial charge in [0.1, 0.15) is 0 Å². The molecule has 3 nitrogen and oxygen atoms in total. The van der Waals surface area contributed by atoms with Gasteiger partial charge in [0.05, 0.1) is 5.70 Å². The van der Waals surface area contributed by atoms with E-state index in [0.717, 1.165) is 10.7 Å². The molecule has 0 spiro atoms. The van der Waals surface area contributed by atoms with Gasteiger partial charge in [0, 0.05) is 23.0 Å². The van der Waals surface area contributed by atoms with Crippen molar-refractivity contribution in [2.75, 3.05) is 13.1 Å². The number of rotatable bonds is 2. The van der Waals surface area contributed by atoms with Crippen LogP contribution in [0.5, 0.6) is 0 Å². The average molecular weight is 274 g/mol. The number of hydrazine groups is 1. The molecule has 96 valence electrons. The minimum atomic E-state index is -0.00177. The zero-order chi connectivity index (χ0) is 12.3. The maximum Gasteiger partial charge on any atom is 0.0599 e. The van der Waals surface area contributed by atoms with Crippen LogP contribution < -0.4 is 11.3 Å². The lowest BCUT2D eigenvalue weighted by Gasteiger charge is -2.27. The first-order valence-corrected chi connectivity index (χ1v) is 7.72. The van der Waals surface area contributed by atoms with E-state index in [1.54, 1.807) is 0 Å². The van der Waals surface area contributed by atoms with Gasteiger partial charge in [-0.3, -0.25) is 10.1 Å². The maximum atomic E-state index is 6.17. The van der Waals surface area contributed by atoms with E-state index >= 15 is 0 Å². The Balaban J connectivity index is 2.26. The van der Waals surface area contributed by atoms with Crippen molar-refractivity contribution >= 4 is 27.1 Å². The Kier molecular flexibility index (Phi) is 4.68. The fourth-order valence-electron chi connectivity index (χ4n) is 2.23. The Hall–Kier alpha value is -0.290. The van der Waals surface area contributed by atoms with Crippen LogP contribution in [0.15, 0.2) is 22.2 Å². The number of nitrogens with two attached hydrogens (primary N) is 1. The molecule has 0 aromatic rings. The van der Waals surface area contributed by atoms with E-state index in [1.165, 1.54) is 43.6 Å². The Morgan fingerprint density at radius 2 is 1.94 bits per heavy atom. The summed E-state index contributed by atoms with van der Waals surface area (Å²) in [5.41, 5.74) is 3.71. The summed E-state index contributed by atoms with van der Waals surface area (Å²) in [6.45, 7) is 4.47. The molecule has 0 bridgehead atoms. The summed E-state index contributed by atoms with van der Waals surface area (Å²) in [7, 11) is -0.00177. The summed E-state index contributed by atoms with van der Waals surface area (Å²) in [4.78, 5) is 1.29. The molecular formula is C12H20ClN3S.